The Morgan fingerprint density at radius 1 is 1.50 bits per heavy atom. The molecule has 0 aliphatic carbocycles. The first-order valence-corrected chi connectivity index (χ1v) is 4.76. The zero-order valence-electron chi connectivity index (χ0n) is 8.46. The van der Waals surface area contributed by atoms with Crippen LogP contribution in [0.15, 0.2) is 0 Å². The third kappa shape index (κ3) is 2.41. The molecule has 0 aromatic carbocycles. The smallest absolute Gasteiger partial charge is 0.267 e. The molecule has 0 aromatic heterocycles. The normalized spacial score (nSPS) is 22.9. The highest BCUT2D eigenvalue weighted by Gasteiger charge is 2.41. The molecule has 5 heteroatoms. The van der Waals surface area contributed by atoms with E-state index in [1.54, 1.807) is 13.8 Å². The second-order valence-electron chi connectivity index (χ2n) is 4.14. The molecule has 1 amide bonds. The van der Waals surface area contributed by atoms with Crippen molar-refractivity contribution in [2.24, 2.45) is 11.7 Å². The zero-order chi connectivity index (χ0) is 10.9. The largest absolute Gasteiger partial charge is 0.335 e. The second kappa shape index (κ2) is 3.81. The molecule has 1 rings (SSSR count). The lowest BCUT2D eigenvalue weighted by molar-refractivity contribution is -0.134. The predicted molar refractivity (Wildman–Crippen MR) is 49.0 cm³/mol. The van der Waals surface area contributed by atoms with Gasteiger partial charge in [-0.05, 0) is 5.92 Å². The molecule has 14 heavy (non-hydrogen) atoms. The predicted octanol–water partition coefficient (Wildman–Crippen LogP) is 0.837. The maximum Gasteiger partial charge on any atom is 0.267 e. The summed E-state index contributed by atoms with van der Waals surface area (Å²) in [6.07, 6.45) is -0.246. The number of halogens is 2. The van der Waals surface area contributed by atoms with Crippen LogP contribution in [0.1, 0.15) is 20.3 Å². The molecular weight excluding hydrogens is 190 g/mol. The summed E-state index contributed by atoms with van der Waals surface area (Å²) in [6, 6.07) is -0.663. The van der Waals surface area contributed by atoms with E-state index in [2.05, 4.69) is 0 Å². The van der Waals surface area contributed by atoms with Gasteiger partial charge in [-0.25, -0.2) is 8.78 Å². The number of carbonyl (C=O) groups excluding carboxylic acids is 1. The number of alkyl halides is 2. The van der Waals surface area contributed by atoms with Gasteiger partial charge in [0.25, 0.3) is 5.92 Å². The molecule has 82 valence electrons. The maximum atomic E-state index is 12.8. The molecule has 1 aliphatic heterocycles. The summed E-state index contributed by atoms with van der Waals surface area (Å²) in [6.45, 7) is 3.24. The third-order valence-electron chi connectivity index (χ3n) is 2.48. The van der Waals surface area contributed by atoms with Gasteiger partial charge >= 0.3 is 0 Å². The summed E-state index contributed by atoms with van der Waals surface area (Å²) >= 11 is 0. The van der Waals surface area contributed by atoms with E-state index in [1.807, 2.05) is 0 Å². The molecule has 1 aliphatic rings. The van der Waals surface area contributed by atoms with E-state index in [1.165, 1.54) is 0 Å². The first-order chi connectivity index (χ1) is 6.33. The maximum absolute atomic E-state index is 12.8. The number of nitrogens with zero attached hydrogens (tertiary/aromatic N) is 1. The number of carbonyl (C=O) groups is 1. The zero-order valence-corrected chi connectivity index (χ0v) is 8.46. The van der Waals surface area contributed by atoms with Crippen molar-refractivity contribution in [3.8, 4) is 0 Å². The molecular formula is C9H16F2N2O. The molecule has 1 unspecified atom stereocenters. The molecule has 1 saturated heterocycles. The highest BCUT2D eigenvalue weighted by atomic mass is 19.3. The summed E-state index contributed by atoms with van der Waals surface area (Å²) < 4.78 is 25.6. The van der Waals surface area contributed by atoms with E-state index < -0.39 is 18.5 Å². The lowest BCUT2D eigenvalue weighted by Gasteiger charge is -2.22. The van der Waals surface area contributed by atoms with E-state index >= 15 is 0 Å². The first kappa shape index (κ1) is 11.4. The topological polar surface area (TPSA) is 46.3 Å². The van der Waals surface area contributed by atoms with Gasteiger partial charge in [0.1, 0.15) is 0 Å². The van der Waals surface area contributed by atoms with Crippen LogP contribution < -0.4 is 5.73 Å². The molecule has 0 spiro atoms. The fraction of sp³-hybridized carbons (Fsp3) is 0.889. The Kier molecular flexibility index (Phi) is 3.09. The summed E-state index contributed by atoms with van der Waals surface area (Å²) in [5.74, 6) is -3.11. The average Bonchev–Trinajstić information content (AvgIpc) is 2.43. The van der Waals surface area contributed by atoms with Crippen LogP contribution in [0.2, 0.25) is 0 Å². The highest BCUT2D eigenvalue weighted by molar-refractivity contribution is 5.82. The van der Waals surface area contributed by atoms with Crippen molar-refractivity contribution in [1.29, 1.82) is 0 Å². The van der Waals surface area contributed by atoms with Crippen LogP contribution in [0.4, 0.5) is 8.78 Å². The van der Waals surface area contributed by atoms with Crippen molar-refractivity contribution >= 4 is 5.91 Å². The van der Waals surface area contributed by atoms with E-state index in [0.29, 0.717) is 0 Å². The molecule has 0 radical (unpaired) electrons. The van der Waals surface area contributed by atoms with Crippen LogP contribution in [0.5, 0.6) is 0 Å². The molecule has 2 N–H and O–H groups in total. The van der Waals surface area contributed by atoms with Gasteiger partial charge in [0.2, 0.25) is 5.91 Å². The minimum absolute atomic E-state index is 0.0169. The Morgan fingerprint density at radius 3 is 2.43 bits per heavy atom. The molecule has 1 heterocycles. The summed E-state index contributed by atoms with van der Waals surface area (Å²) in [7, 11) is 0. The molecule has 0 aromatic rings. The van der Waals surface area contributed by atoms with Crippen LogP contribution in [0, 0.1) is 5.92 Å². The Labute approximate surface area is 82.2 Å². The average molecular weight is 206 g/mol. The van der Waals surface area contributed by atoms with Gasteiger partial charge in [0, 0.05) is 13.0 Å². The van der Waals surface area contributed by atoms with Gasteiger partial charge in [-0.1, -0.05) is 13.8 Å². The van der Waals surface area contributed by atoms with Crippen molar-refractivity contribution in [2.75, 3.05) is 13.1 Å². The minimum Gasteiger partial charge on any atom is -0.335 e. The molecule has 0 bridgehead atoms. The Balaban J connectivity index is 2.56. The van der Waals surface area contributed by atoms with Crippen molar-refractivity contribution in [2.45, 2.75) is 32.2 Å². The molecule has 1 atom stereocenters. The van der Waals surface area contributed by atoms with Gasteiger partial charge in [-0.2, -0.15) is 0 Å². The van der Waals surface area contributed by atoms with Gasteiger partial charge in [0.15, 0.2) is 0 Å². The molecule has 0 saturated carbocycles. The van der Waals surface area contributed by atoms with Crippen LogP contribution in [0.3, 0.4) is 0 Å². The van der Waals surface area contributed by atoms with Crippen LogP contribution in [-0.4, -0.2) is 35.9 Å². The van der Waals surface area contributed by atoms with Crippen LogP contribution in [-0.2, 0) is 4.79 Å². The van der Waals surface area contributed by atoms with Crippen LogP contribution in [0.25, 0.3) is 0 Å². The van der Waals surface area contributed by atoms with Gasteiger partial charge < -0.3 is 10.6 Å². The Hall–Kier alpha value is -0.710. The first-order valence-electron chi connectivity index (χ1n) is 4.76. The quantitative estimate of drug-likeness (QED) is 0.727. The van der Waals surface area contributed by atoms with Crippen molar-refractivity contribution < 1.29 is 13.6 Å². The molecule has 1 fully saturated rings. The number of amides is 1. The summed E-state index contributed by atoms with van der Waals surface area (Å²) in [4.78, 5) is 12.7. The fourth-order valence-corrected chi connectivity index (χ4v) is 1.42. The number of hydrogen-bond acceptors (Lipinski definition) is 2. The van der Waals surface area contributed by atoms with Crippen molar-refractivity contribution in [1.82, 2.24) is 4.90 Å². The Morgan fingerprint density at radius 2 is 2.07 bits per heavy atom. The standard InChI is InChI=1S/C9H16F2N2O/c1-6(2)7(12)8(14)13-4-3-9(10,11)5-13/h6-7H,3-5,12H2,1-2H3. The van der Waals surface area contributed by atoms with E-state index in [4.69, 9.17) is 5.73 Å². The lowest BCUT2D eigenvalue weighted by atomic mass is 10.0. The van der Waals surface area contributed by atoms with Gasteiger partial charge in [0.05, 0.1) is 12.6 Å². The van der Waals surface area contributed by atoms with Gasteiger partial charge in [-0.15, -0.1) is 0 Å². The SMILES string of the molecule is CC(C)C(N)C(=O)N1CCC(F)(F)C1. The third-order valence-corrected chi connectivity index (χ3v) is 2.48. The Bertz CT molecular complexity index is 231. The summed E-state index contributed by atoms with van der Waals surface area (Å²) in [5.41, 5.74) is 5.59. The number of hydrogen-bond donors (Lipinski definition) is 1. The fourth-order valence-electron chi connectivity index (χ4n) is 1.42. The highest BCUT2D eigenvalue weighted by Crippen LogP contribution is 2.27. The van der Waals surface area contributed by atoms with E-state index in [9.17, 15) is 13.6 Å². The minimum atomic E-state index is -2.73. The number of rotatable bonds is 2. The number of likely N-dealkylation sites (tertiary alicyclic amines) is 1. The second-order valence-corrected chi connectivity index (χ2v) is 4.14. The monoisotopic (exact) mass is 206 g/mol. The van der Waals surface area contributed by atoms with Crippen LogP contribution >= 0.6 is 0 Å². The van der Waals surface area contributed by atoms with Gasteiger partial charge in [-0.3, -0.25) is 4.79 Å². The van der Waals surface area contributed by atoms with E-state index in [0.717, 1.165) is 4.90 Å². The van der Waals surface area contributed by atoms with E-state index in [-0.39, 0.29) is 24.8 Å². The number of nitrogens with two attached hydrogens (primary N) is 1. The lowest BCUT2D eigenvalue weighted by Crippen LogP contribution is -2.46. The molecule has 3 nitrogen and oxygen atoms in total. The summed E-state index contributed by atoms with van der Waals surface area (Å²) in [5, 5.41) is 0. The van der Waals surface area contributed by atoms with Crippen molar-refractivity contribution in [3.63, 3.8) is 0 Å². The van der Waals surface area contributed by atoms with Crippen molar-refractivity contribution in [3.05, 3.63) is 0 Å².